The molecule has 24 heavy (non-hydrogen) atoms. The fraction of sp³-hybridized carbons (Fsp3) is 0.250. The Bertz CT molecular complexity index is 969. The Morgan fingerprint density at radius 3 is 2.88 bits per heavy atom. The number of nitrogens with two attached hydrogens (primary N) is 1. The summed E-state index contributed by atoms with van der Waals surface area (Å²) in [5, 5.41) is 2.31. The second-order valence-corrected chi connectivity index (χ2v) is 6.27. The minimum atomic E-state index is 0.251. The number of hydrogen-bond acceptors (Lipinski definition) is 3. The van der Waals surface area contributed by atoms with Crippen LogP contribution in [0.2, 0.25) is 0 Å². The number of H-pyrrole nitrogens is 1. The number of rotatable bonds is 5. The zero-order valence-electron chi connectivity index (χ0n) is 13.8. The SMILES string of the molecule is CCC(N)CCc1ccc2c(n1)[nH]c1ccc(-c3ccco3)cc12. The summed E-state index contributed by atoms with van der Waals surface area (Å²) in [6, 6.07) is 14.7. The molecular formula is C20H21N3O. The fourth-order valence-corrected chi connectivity index (χ4v) is 3.09. The summed E-state index contributed by atoms with van der Waals surface area (Å²) in [4.78, 5) is 8.20. The van der Waals surface area contributed by atoms with Crippen molar-refractivity contribution < 1.29 is 4.42 Å². The molecular weight excluding hydrogens is 298 g/mol. The van der Waals surface area contributed by atoms with Crippen LogP contribution in [-0.2, 0) is 6.42 Å². The lowest BCUT2D eigenvalue weighted by Gasteiger charge is -2.07. The first kappa shape index (κ1) is 15.0. The van der Waals surface area contributed by atoms with E-state index in [0.717, 1.165) is 52.8 Å². The van der Waals surface area contributed by atoms with E-state index >= 15 is 0 Å². The van der Waals surface area contributed by atoms with Gasteiger partial charge in [0.15, 0.2) is 0 Å². The van der Waals surface area contributed by atoms with Gasteiger partial charge < -0.3 is 15.1 Å². The molecule has 0 spiro atoms. The van der Waals surface area contributed by atoms with Crippen LogP contribution in [0.4, 0.5) is 0 Å². The molecule has 0 aliphatic heterocycles. The third-order valence-electron chi connectivity index (χ3n) is 4.62. The highest BCUT2D eigenvalue weighted by molar-refractivity contribution is 6.07. The predicted octanol–water partition coefficient (Wildman–Crippen LogP) is 4.65. The molecule has 3 N–H and O–H groups in total. The van der Waals surface area contributed by atoms with Crippen LogP contribution in [0, 0.1) is 0 Å². The quantitative estimate of drug-likeness (QED) is 0.563. The van der Waals surface area contributed by atoms with Crippen LogP contribution in [0.3, 0.4) is 0 Å². The first-order valence-electron chi connectivity index (χ1n) is 8.45. The highest BCUT2D eigenvalue weighted by atomic mass is 16.3. The second kappa shape index (κ2) is 6.13. The van der Waals surface area contributed by atoms with E-state index in [1.165, 1.54) is 5.39 Å². The molecule has 0 saturated heterocycles. The third kappa shape index (κ3) is 2.69. The Kier molecular flexibility index (Phi) is 3.82. The number of benzene rings is 1. The average Bonchev–Trinajstić information content (AvgIpc) is 3.26. The molecule has 0 bridgehead atoms. The minimum absolute atomic E-state index is 0.251. The van der Waals surface area contributed by atoms with E-state index in [1.807, 2.05) is 12.1 Å². The fourth-order valence-electron chi connectivity index (χ4n) is 3.09. The molecule has 3 aromatic heterocycles. The molecule has 0 fully saturated rings. The molecule has 0 amide bonds. The van der Waals surface area contributed by atoms with Crippen molar-refractivity contribution in [2.45, 2.75) is 32.2 Å². The number of furan rings is 1. The van der Waals surface area contributed by atoms with E-state index in [2.05, 4.69) is 42.2 Å². The van der Waals surface area contributed by atoms with E-state index in [4.69, 9.17) is 15.1 Å². The van der Waals surface area contributed by atoms with Gasteiger partial charge in [-0.15, -0.1) is 0 Å². The van der Waals surface area contributed by atoms with Gasteiger partial charge in [-0.25, -0.2) is 4.98 Å². The summed E-state index contributed by atoms with van der Waals surface area (Å²) in [5.74, 6) is 0.879. The van der Waals surface area contributed by atoms with E-state index in [1.54, 1.807) is 6.26 Å². The van der Waals surface area contributed by atoms with Gasteiger partial charge in [-0.3, -0.25) is 0 Å². The molecule has 122 valence electrons. The maximum Gasteiger partial charge on any atom is 0.138 e. The van der Waals surface area contributed by atoms with Gasteiger partial charge in [0.2, 0.25) is 0 Å². The number of fused-ring (bicyclic) bond motifs is 3. The van der Waals surface area contributed by atoms with Crippen LogP contribution >= 0.6 is 0 Å². The molecule has 1 aromatic carbocycles. The molecule has 1 unspecified atom stereocenters. The minimum Gasteiger partial charge on any atom is -0.464 e. The lowest BCUT2D eigenvalue weighted by molar-refractivity contribution is 0.582. The molecule has 0 aliphatic carbocycles. The third-order valence-corrected chi connectivity index (χ3v) is 4.62. The van der Waals surface area contributed by atoms with Crippen molar-refractivity contribution in [2.75, 3.05) is 0 Å². The van der Waals surface area contributed by atoms with Crippen LogP contribution in [0.5, 0.6) is 0 Å². The van der Waals surface area contributed by atoms with Crippen LogP contribution in [0.15, 0.2) is 53.1 Å². The van der Waals surface area contributed by atoms with Gasteiger partial charge in [-0.2, -0.15) is 0 Å². The summed E-state index contributed by atoms with van der Waals surface area (Å²) in [6.07, 6.45) is 4.59. The number of pyridine rings is 1. The standard InChI is InChI=1S/C20H21N3O/c1-2-14(21)6-7-15-8-9-16-17-12-13(19-4-3-11-24-19)5-10-18(17)23-20(16)22-15/h3-5,8-12,14H,2,6-7,21H2,1H3,(H,22,23). The molecule has 4 aromatic rings. The molecule has 0 saturated carbocycles. The number of hydrogen-bond donors (Lipinski definition) is 2. The molecule has 4 rings (SSSR count). The van der Waals surface area contributed by atoms with Gasteiger partial charge in [0, 0.05) is 33.6 Å². The maximum atomic E-state index is 6.01. The average molecular weight is 319 g/mol. The summed E-state index contributed by atoms with van der Waals surface area (Å²) < 4.78 is 5.50. The van der Waals surface area contributed by atoms with Crippen LogP contribution < -0.4 is 5.73 Å². The van der Waals surface area contributed by atoms with Gasteiger partial charge in [0.25, 0.3) is 0 Å². The van der Waals surface area contributed by atoms with Crippen LogP contribution in [-0.4, -0.2) is 16.0 Å². The summed E-state index contributed by atoms with van der Waals surface area (Å²) >= 11 is 0. The van der Waals surface area contributed by atoms with Crippen molar-refractivity contribution in [2.24, 2.45) is 5.73 Å². The highest BCUT2D eigenvalue weighted by Crippen LogP contribution is 2.29. The summed E-state index contributed by atoms with van der Waals surface area (Å²) in [5.41, 5.74) is 10.2. The first-order valence-corrected chi connectivity index (χ1v) is 8.45. The highest BCUT2D eigenvalue weighted by Gasteiger charge is 2.10. The number of aromatic nitrogens is 2. The van der Waals surface area contributed by atoms with Crippen molar-refractivity contribution >= 4 is 21.9 Å². The van der Waals surface area contributed by atoms with Crippen molar-refractivity contribution in [1.29, 1.82) is 0 Å². The molecule has 0 radical (unpaired) electrons. The number of aromatic amines is 1. The van der Waals surface area contributed by atoms with Gasteiger partial charge in [0.05, 0.1) is 6.26 Å². The van der Waals surface area contributed by atoms with E-state index < -0.39 is 0 Å². The van der Waals surface area contributed by atoms with Gasteiger partial charge in [0.1, 0.15) is 11.4 Å². The van der Waals surface area contributed by atoms with E-state index in [0.29, 0.717) is 0 Å². The summed E-state index contributed by atoms with van der Waals surface area (Å²) in [6.45, 7) is 2.12. The van der Waals surface area contributed by atoms with Crippen molar-refractivity contribution in [3.05, 3.63) is 54.4 Å². The largest absolute Gasteiger partial charge is 0.464 e. The van der Waals surface area contributed by atoms with Gasteiger partial charge >= 0.3 is 0 Å². The monoisotopic (exact) mass is 319 g/mol. The molecule has 0 aliphatic rings. The predicted molar refractivity (Wildman–Crippen MR) is 97.9 cm³/mol. The Balaban J connectivity index is 1.72. The second-order valence-electron chi connectivity index (χ2n) is 6.27. The lowest BCUT2D eigenvalue weighted by atomic mass is 10.1. The maximum absolute atomic E-state index is 6.01. The normalized spacial score (nSPS) is 12.9. The Morgan fingerprint density at radius 2 is 2.08 bits per heavy atom. The van der Waals surface area contributed by atoms with Gasteiger partial charge in [-0.1, -0.05) is 6.92 Å². The topological polar surface area (TPSA) is 67.8 Å². The lowest BCUT2D eigenvalue weighted by Crippen LogP contribution is -2.19. The van der Waals surface area contributed by atoms with Crippen LogP contribution in [0.25, 0.3) is 33.3 Å². The number of nitrogens with one attached hydrogen (secondary N) is 1. The Hall–Kier alpha value is -2.59. The zero-order chi connectivity index (χ0) is 16.5. The van der Waals surface area contributed by atoms with Gasteiger partial charge in [-0.05, 0) is 61.7 Å². The van der Waals surface area contributed by atoms with Crippen molar-refractivity contribution in [1.82, 2.24) is 9.97 Å². The zero-order valence-corrected chi connectivity index (χ0v) is 13.8. The van der Waals surface area contributed by atoms with Crippen molar-refractivity contribution in [3.63, 3.8) is 0 Å². The Labute approximate surface area is 140 Å². The smallest absolute Gasteiger partial charge is 0.138 e. The first-order chi connectivity index (χ1) is 11.7. The molecule has 4 heteroatoms. The van der Waals surface area contributed by atoms with Crippen molar-refractivity contribution in [3.8, 4) is 11.3 Å². The van der Waals surface area contributed by atoms with E-state index in [-0.39, 0.29) is 6.04 Å². The summed E-state index contributed by atoms with van der Waals surface area (Å²) in [7, 11) is 0. The van der Waals surface area contributed by atoms with E-state index in [9.17, 15) is 0 Å². The molecule has 3 heterocycles. The molecule has 4 nitrogen and oxygen atoms in total. The number of aryl methyl sites for hydroxylation is 1. The van der Waals surface area contributed by atoms with Crippen LogP contribution in [0.1, 0.15) is 25.5 Å². The molecule has 1 atom stereocenters. The Morgan fingerprint density at radius 1 is 1.17 bits per heavy atom. The number of nitrogens with zero attached hydrogens (tertiary/aromatic N) is 1.